The molecule has 1 aromatic rings. The van der Waals surface area contributed by atoms with Crippen LogP contribution in [0, 0.1) is 0 Å². The number of anilines is 2. The van der Waals surface area contributed by atoms with E-state index in [2.05, 4.69) is 29.9 Å². The summed E-state index contributed by atoms with van der Waals surface area (Å²) in [5.74, 6) is 0.572. The molecular weight excluding hydrogens is 396 g/mol. The Morgan fingerprint density at radius 3 is 2.79 bits per heavy atom. The van der Waals surface area contributed by atoms with E-state index in [-0.39, 0.29) is 38.1 Å². The van der Waals surface area contributed by atoms with Gasteiger partial charge in [-0.2, -0.15) is 0 Å². The Morgan fingerprint density at radius 2 is 2.10 bits per heavy atom. The van der Waals surface area contributed by atoms with Crippen LogP contribution in [0.3, 0.4) is 0 Å². The van der Waals surface area contributed by atoms with Crippen molar-refractivity contribution in [1.82, 2.24) is 10.3 Å². The Balaban J connectivity index is 1.74. The number of pyridine rings is 1. The number of carboxylic acid groups (broad SMARTS) is 1. The van der Waals surface area contributed by atoms with Crippen LogP contribution in [-0.2, 0) is 14.3 Å². The molecule has 1 atom stereocenters. The van der Waals surface area contributed by atoms with Gasteiger partial charge in [0.15, 0.2) is 18.2 Å². The highest BCUT2D eigenvalue weighted by Gasteiger charge is 2.34. The smallest absolute Gasteiger partial charge is 0.404 e. The van der Waals surface area contributed by atoms with E-state index in [1.807, 2.05) is 0 Å². The summed E-state index contributed by atoms with van der Waals surface area (Å²) in [7, 11) is -1.25. The summed E-state index contributed by atoms with van der Waals surface area (Å²) in [4.78, 5) is 42.8. The van der Waals surface area contributed by atoms with E-state index in [0.29, 0.717) is 24.0 Å². The number of aromatic nitrogens is 1. The molecule has 29 heavy (non-hydrogen) atoms. The second kappa shape index (κ2) is 8.37. The van der Waals surface area contributed by atoms with E-state index in [0.717, 1.165) is 6.04 Å². The second-order valence-electron chi connectivity index (χ2n) is 8.30. The maximum Gasteiger partial charge on any atom is 0.404 e. The summed E-state index contributed by atoms with van der Waals surface area (Å²) < 4.78 is 11.2. The molecule has 0 aliphatic carbocycles. The Kier molecular flexibility index (Phi) is 6.08. The van der Waals surface area contributed by atoms with E-state index in [1.165, 1.54) is 9.80 Å². The van der Waals surface area contributed by atoms with Crippen molar-refractivity contribution in [2.45, 2.75) is 38.1 Å². The predicted molar refractivity (Wildman–Crippen MR) is 108 cm³/mol. The Bertz CT molecular complexity index is 812. The van der Waals surface area contributed by atoms with Crippen LogP contribution in [0.5, 0.6) is 5.75 Å². The van der Waals surface area contributed by atoms with Crippen LogP contribution in [0.2, 0.25) is 25.7 Å². The molecular formula is C18H26N4O6Si. The van der Waals surface area contributed by atoms with Crippen LogP contribution in [0.15, 0.2) is 12.1 Å². The third kappa shape index (κ3) is 5.24. The topological polar surface area (TPSA) is 121 Å². The van der Waals surface area contributed by atoms with Crippen molar-refractivity contribution < 1.29 is 29.0 Å². The minimum absolute atomic E-state index is 0.0595. The lowest BCUT2D eigenvalue weighted by atomic mass is 10.3. The van der Waals surface area contributed by atoms with Crippen molar-refractivity contribution >= 4 is 37.6 Å². The van der Waals surface area contributed by atoms with Crippen LogP contribution < -0.4 is 19.9 Å². The zero-order valence-electron chi connectivity index (χ0n) is 16.8. The van der Waals surface area contributed by atoms with Gasteiger partial charge in [0.1, 0.15) is 12.5 Å². The van der Waals surface area contributed by atoms with Gasteiger partial charge < -0.3 is 19.9 Å². The molecule has 0 spiro atoms. The molecule has 3 heterocycles. The molecule has 3 rings (SSSR count). The summed E-state index contributed by atoms with van der Waals surface area (Å²) in [6, 6.07) is 3.76. The Labute approximate surface area is 169 Å². The number of nitrogens with zero attached hydrogens (tertiary/aromatic N) is 3. The largest absolute Gasteiger partial charge is 0.480 e. The zero-order chi connectivity index (χ0) is 21.2. The number of nitrogens with one attached hydrogen (secondary N) is 1. The highest BCUT2D eigenvalue weighted by atomic mass is 28.3. The SMILES string of the molecule is C[Si](C)(C)CCOCN1C(=O)COc2ccc(N3C[C@H](NC(=O)O)CC3=O)nc21. The molecule has 158 valence electrons. The third-order valence-corrected chi connectivity index (χ3v) is 6.38. The maximum atomic E-state index is 12.4. The first-order valence-electron chi connectivity index (χ1n) is 9.46. The standard InChI is InChI=1S/C18H26N4O6Si/c1-29(2,3)7-6-27-11-22-16(24)10-28-13-4-5-14(20-17(13)22)21-9-12(8-15(21)23)19-18(25)26/h4-5,12,19H,6-11H2,1-3H3,(H,25,26)/t12-/m1/s1. The van der Waals surface area contributed by atoms with E-state index in [4.69, 9.17) is 14.6 Å². The second-order valence-corrected chi connectivity index (χ2v) is 13.9. The number of carbonyl (C=O) groups is 3. The van der Waals surface area contributed by atoms with Gasteiger partial charge in [-0.05, 0) is 18.2 Å². The fraction of sp³-hybridized carbons (Fsp3) is 0.556. The summed E-state index contributed by atoms with van der Waals surface area (Å²) in [5.41, 5.74) is 0. The quantitative estimate of drug-likeness (QED) is 0.504. The van der Waals surface area contributed by atoms with Gasteiger partial charge in [0.2, 0.25) is 5.91 Å². The first-order chi connectivity index (χ1) is 13.6. The average Bonchev–Trinajstić information content (AvgIpc) is 2.98. The number of hydrogen-bond donors (Lipinski definition) is 2. The number of fused-ring (bicyclic) bond motifs is 1. The van der Waals surface area contributed by atoms with Gasteiger partial charge in [-0.15, -0.1) is 0 Å². The summed E-state index contributed by atoms with van der Waals surface area (Å²) in [5, 5.41) is 11.2. The number of rotatable bonds is 7. The van der Waals surface area contributed by atoms with Gasteiger partial charge in [-0.1, -0.05) is 19.6 Å². The number of amides is 3. The van der Waals surface area contributed by atoms with Crippen molar-refractivity contribution in [3.05, 3.63) is 12.1 Å². The minimum atomic E-state index is -1.25. The van der Waals surface area contributed by atoms with Crippen LogP contribution in [0.25, 0.3) is 0 Å². The molecule has 1 saturated heterocycles. The lowest BCUT2D eigenvalue weighted by Gasteiger charge is -2.29. The van der Waals surface area contributed by atoms with Gasteiger partial charge in [0, 0.05) is 27.6 Å². The van der Waals surface area contributed by atoms with Crippen LogP contribution >= 0.6 is 0 Å². The molecule has 0 radical (unpaired) electrons. The van der Waals surface area contributed by atoms with E-state index < -0.39 is 20.2 Å². The maximum absolute atomic E-state index is 12.4. The number of hydrogen-bond acceptors (Lipinski definition) is 6. The van der Waals surface area contributed by atoms with Crippen LogP contribution in [-0.4, -0.2) is 68.6 Å². The highest BCUT2D eigenvalue weighted by molar-refractivity contribution is 6.76. The lowest BCUT2D eigenvalue weighted by Crippen LogP contribution is -2.41. The molecule has 10 nitrogen and oxygen atoms in total. The van der Waals surface area contributed by atoms with Gasteiger partial charge >= 0.3 is 6.09 Å². The molecule has 3 amide bonds. The van der Waals surface area contributed by atoms with E-state index >= 15 is 0 Å². The van der Waals surface area contributed by atoms with Crippen molar-refractivity contribution in [3.63, 3.8) is 0 Å². The average molecular weight is 423 g/mol. The number of carbonyl (C=O) groups excluding carboxylic acids is 2. The fourth-order valence-corrected chi connectivity index (χ4v) is 3.84. The highest BCUT2D eigenvalue weighted by Crippen LogP contribution is 2.33. The van der Waals surface area contributed by atoms with Gasteiger partial charge in [-0.3, -0.25) is 19.4 Å². The lowest BCUT2D eigenvalue weighted by molar-refractivity contribution is -0.122. The van der Waals surface area contributed by atoms with Gasteiger partial charge in [-0.25, -0.2) is 9.78 Å². The molecule has 2 N–H and O–H groups in total. The number of ether oxygens (including phenoxy) is 2. The first kappa shape index (κ1) is 21.1. The monoisotopic (exact) mass is 422 g/mol. The minimum Gasteiger partial charge on any atom is -0.480 e. The molecule has 1 aromatic heterocycles. The summed E-state index contributed by atoms with van der Waals surface area (Å²) in [6.07, 6.45) is -1.12. The van der Waals surface area contributed by atoms with Crippen molar-refractivity contribution in [1.29, 1.82) is 0 Å². The molecule has 1 fully saturated rings. The molecule has 0 unspecified atom stereocenters. The normalized spacial score (nSPS) is 19.2. The third-order valence-electron chi connectivity index (χ3n) is 4.68. The molecule has 0 bridgehead atoms. The summed E-state index contributed by atoms with van der Waals surface area (Å²) >= 11 is 0. The van der Waals surface area contributed by atoms with E-state index in [1.54, 1.807) is 12.1 Å². The van der Waals surface area contributed by atoms with Crippen molar-refractivity contribution in [2.24, 2.45) is 0 Å². The van der Waals surface area contributed by atoms with Crippen LogP contribution in [0.1, 0.15) is 6.42 Å². The van der Waals surface area contributed by atoms with Crippen molar-refractivity contribution in [2.75, 3.05) is 36.3 Å². The van der Waals surface area contributed by atoms with Crippen LogP contribution in [0.4, 0.5) is 16.4 Å². The zero-order valence-corrected chi connectivity index (χ0v) is 17.8. The molecule has 11 heteroatoms. The molecule has 0 aromatic carbocycles. The fourth-order valence-electron chi connectivity index (χ4n) is 3.09. The Morgan fingerprint density at radius 1 is 1.34 bits per heavy atom. The van der Waals surface area contributed by atoms with Gasteiger partial charge in [0.25, 0.3) is 5.91 Å². The Hall–Kier alpha value is -2.66. The first-order valence-corrected chi connectivity index (χ1v) is 13.2. The van der Waals surface area contributed by atoms with Crippen molar-refractivity contribution in [3.8, 4) is 5.75 Å². The summed E-state index contributed by atoms with van der Waals surface area (Å²) in [6.45, 7) is 7.45. The van der Waals surface area contributed by atoms with E-state index in [9.17, 15) is 14.4 Å². The predicted octanol–water partition coefficient (Wildman–Crippen LogP) is 1.49. The molecule has 0 saturated carbocycles. The van der Waals surface area contributed by atoms with Gasteiger partial charge in [0.05, 0.1) is 6.04 Å². The molecule has 2 aliphatic heterocycles. The molecule has 2 aliphatic rings.